The summed E-state index contributed by atoms with van der Waals surface area (Å²) in [4.78, 5) is 12.3. The lowest BCUT2D eigenvalue weighted by Gasteiger charge is -2.59. The number of ether oxygens (including phenoxy) is 5. The van der Waals surface area contributed by atoms with Crippen LogP contribution >= 0.6 is 0 Å². The van der Waals surface area contributed by atoms with Crippen LogP contribution in [-0.4, -0.2) is 39.4 Å². The van der Waals surface area contributed by atoms with Crippen molar-refractivity contribution in [1.29, 1.82) is 0 Å². The summed E-state index contributed by atoms with van der Waals surface area (Å²) in [5, 5.41) is 0. The molecular weight excluding hydrogens is 420 g/mol. The van der Waals surface area contributed by atoms with Crippen LogP contribution in [0, 0.1) is 22.2 Å². The number of carbonyl (C=O) groups excluding carboxylic acids is 1. The van der Waals surface area contributed by atoms with E-state index in [0.717, 1.165) is 44.3 Å². The van der Waals surface area contributed by atoms with E-state index in [-0.39, 0.29) is 10.8 Å². The number of carbonyl (C=O) groups is 1. The molecule has 5 atom stereocenters. The first-order valence-corrected chi connectivity index (χ1v) is 12.3. The van der Waals surface area contributed by atoms with Crippen molar-refractivity contribution < 1.29 is 28.5 Å². The summed E-state index contributed by atoms with van der Waals surface area (Å²) in [7, 11) is 3.10. The van der Waals surface area contributed by atoms with Crippen LogP contribution in [0.2, 0.25) is 0 Å². The lowest BCUT2D eigenvalue weighted by atomic mass is 9.46. The van der Waals surface area contributed by atoms with Crippen LogP contribution in [0.5, 0.6) is 5.75 Å². The number of benzene rings is 1. The van der Waals surface area contributed by atoms with Crippen LogP contribution in [0.4, 0.5) is 4.79 Å². The summed E-state index contributed by atoms with van der Waals surface area (Å²) in [5.74, 6) is 1.81. The molecule has 1 saturated heterocycles. The van der Waals surface area contributed by atoms with Gasteiger partial charge in [0.15, 0.2) is 5.79 Å². The van der Waals surface area contributed by atoms with E-state index in [1.54, 1.807) is 7.11 Å². The Morgan fingerprint density at radius 1 is 1.06 bits per heavy atom. The second-order valence-electron chi connectivity index (χ2n) is 10.8. The smallest absolute Gasteiger partial charge is 0.497 e. The van der Waals surface area contributed by atoms with Crippen molar-refractivity contribution in [3.8, 4) is 5.75 Å². The Balaban J connectivity index is 1.48. The maximum Gasteiger partial charge on any atom is 0.513 e. The van der Waals surface area contributed by atoms with Gasteiger partial charge in [0.1, 0.15) is 11.5 Å². The molecule has 2 saturated carbocycles. The van der Waals surface area contributed by atoms with Gasteiger partial charge in [-0.25, -0.2) is 4.79 Å². The fourth-order valence-electron chi connectivity index (χ4n) is 8.87. The van der Waals surface area contributed by atoms with Gasteiger partial charge < -0.3 is 23.7 Å². The van der Waals surface area contributed by atoms with Gasteiger partial charge in [-0.05, 0) is 92.0 Å². The van der Waals surface area contributed by atoms with Crippen LogP contribution in [0.1, 0.15) is 63.0 Å². The summed E-state index contributed by atoms with van der Waals surface area (Å²) in [5.41, 5.74) is 2.21. The van der Waals surface area contributed by atoms with Gasteiger partial charge in [-0.2, -0.15) is 0 Å². The van der Waals surface area contributed by atoms with Crippen molar-refractivity contribution in [3.05, 3.63) is 41.2 Å². The largest absolute Gasteiger partial charge is 0.513 e. The number of hydrogen-bond donors (Lipinski definition) is 0. The predicted octanol–water partition coefficient (Wildman–Crippen LogP) is 5.35. The zero-order valence-electron chi connectivity index (χ0n) is 20.1. The predicted molar refractivity (Wildman–Crippen MR) is 121 cm³/mol. The molecule has 33 heavy (non-hydrogen) atoms. The molecule has 0 radical (unpaired) electrons. The molecule has 6 rings (SSSR count). The molecule has 1 aromatic carbocycles. The Morgan fingerprint density at radius 2 is 1.85 bits per heavy atom. The minimum absolute atomic E-state index is 0.0603. The van der Waals surface area contributed by atoms with Gasteiger partial charge in [-0.1, -0.05) is 13.0 Å². The number of rotatable bonds is 3. The summed E-state index contributed by atoms with van der Waals surface area (Å²) in [6.07, 6.45) is 7.90. The minimum Gasteiger partial charge on any atom is -0.497 e. The number of methoxy groups -OCH3 is 2. The highest BCUT2D eigenvalue weighted by molar-refractivity contribution is 5.62. The lowest BCUT2D eigenvalue weighted by Crippen LogP contribution is -2.58. The van der Waals surface area contributed by atoms with E-state index in [4.69, 9.17) is 23.7 Å². The Kier molecular flexibility index (Phi) is 4.55. The Bertz CT molecular complexity index is 1030. The second kappa shape index (κ2) is 6.98. The molecular formula is C27H34O6. The standard InChI is InChI=1S/C27H34O6/c1-24-10-9-20-19-7-6-18(29-3)15-17(19)5-8-21(20)26(24)11-12-27(24,25(2)31-13-14-32-25)22(16-26)33-23(28)30-4/h6-7,15-16,20-21H,5,8-14H2,1-4H3/t20-,21-,24+,26?,27+/m1/s1. The quantitative estimate of drug-likeness (QED) is 0.574. The highest BCUT2D eigenvalue weighted by Crippen LogP contribution is 2.82. The third kappa shape index (κ3) is 2.44. The number of fused-ring (bicyclic) bond motifs is 3. The molecule has 178 valence electrons. The number of allylic oxidation sites excluding steroid dienone is 1. The van der Waals surface area contributed by atoms with E-state index in [2.05, 4.69) is 38.1 Å². The van der Waals surface area contributed by atoms with E-state index in [0.29, 0.717) is 30.8 Å². The minimum atomic E-state index is -0.813. The first kappa shape index (κ1) is 21.5. The molecule has 2 bridgehead atoms. The topological polar surface area (TPSA) is 63.2 Å². The molecule has 4 aliphatic carbocycles. The van der Waals surface area contributed by atoms with Crippen molar-refractivity contribution in [2.75, 3.05) is 27.4 Å². The van der Waals surface area contributed by atoms with Crippen molar-refractivity contribution in [2.45, 2.75) is 64.1 Å². The average Bonchev–Trinajstić information content (AvgIpc) is 3.45. The normalized spacial score (nSPS) is 39.8. The van der Waals surface area contributed by atoms with Gasteiger partial charge >= 0.3 is 6.16 Å². The third-order valence-electron chi connectivity index (χ3n) is 10.2. The van der Waals surface area contributed by atoms with E-state index in [1.807, 2.05) is 0 Å². The Morgan fingerprint density at radius 3 is 2.58 bits per heavy atom. The van der Waals surface area contributed by atoms with E-state index in [9.17, 15) is 4.79 Å². The van der Waals surface area contributed by atoms with E-state index >= 15 is 0 Å². The van der Waals surface area contributed by atoms with Crippen LogP contribution in [0.3, 0.4) is 0 Å². The molecule has 0 N–H and O–H groups in total. The fraction of sp³-hybridized carbons (Fsp3) is 0.667. The van der Waals surface area contributed by atoms with Gasteiger partial charge in [-0.3, -0.25) is 0 Å². The molecule has 1 unspecified atom stereocenters. The van der Waals surface area contributed by atoms with Crippen LogP contribution in [0.15, 0.2) is 30.0 Å². The van der Waals surface area contributed by atoms with Gasteiger partial charge in [0.2, 0.25) is 0 Å². The number of hydrogen-bond acceptors (Lipinski definition) is 6. The van der Waals surface area contributed by atoms with Gasteiger partial charge in [0.25, 0.3) is 0 Å². The Labute approximate surface area is 195 Å². The summed E-state index contributed by atoms with van der Waals surface area (Å²) in [6.45, 7) is 5.58. The van der Waals surface area contributed by atoms with Crippen molar-refractivity contribution >= 4 is 6.16 Å². The van der Waals surface area contributed by atoms with Crippen molar-refractivity contribution in [1.82, 2.24) is 0 Å². The molecule has 6 heteroatoms. The summed E-state index contributed by atoms with van der Waals surface area (Å²) in [6, 6.07) is 6.60. The van der Waals surface area contributed by atoms with Gasteiger partial charge in [0, 0.05) is 5.41 Å². The average molecular weight is 455 g/mol. The third-order valence-corrected chi connectivity index (χ3v) is 10.2. The molecule has 3 fully saturated rings. The molecule has 0 amide bonds. The number of aryl methyl sites for hydroxylation is 1. The fourth-order valence-corrected chi connectivity index (χ4v) is 8.87. The highest BCUT2D eigenvalue weighted by Gasteiger charge is 2.80. The molecule has 1 heterocycles. The SMILES string of the molecule is COC(=O)OC1=CC23CC[C@@]1(C1(C)OCCO1)[C@@]2(C)CC[C@@H]1c2ccc(OC)cc2CC[C@H]13. The molecule has 5 aliphatic rings. The maximum absolute atomic E-state index is 12.3. The summed E-state index contributed by atoms with van der Waals surface area (Å²) < 4.78 is 29.0. The lowest BCUT2D eigenvalue weighted by molar-refractivity contribution is -0.256. The Hall–Kier alpha value is -2.05. The second-order valence-corrected chi connectivity index (χ2v) is 10.8. The van der Waals surface area contributed by atoms with Crippen LogP contribution in [-0.2, 0) is 25.4 Å². The molecule has 0 aromatic heterocycles. The van der Waals surface area contributed by atoms with Gasteiger partial charge in [0.05, 0.1) is 32.8 Å². The monoisotopic (exact) mass is 454 g/mol. The van der Waals surface area contributed by atoms with Crippen LogP contribution in [0.25, 0.3) is 0 Å². The molecule has 1 aromatic rings. The molecule has 0 spiro atoms. The first-order chi connectivity index (χ1) is 15.8. The van der Waals surface area contributed by atoms with Crippen LogP contribution < -0.4 is 4.74 Å². The maximum atomic E-state index is 12.3. The zero-order valence-corrected chi connectivity index (χ0v) is 20.1. The molecule has 6 nitrogen and oxygen atoms in total. The molecule has 1 aliphatic heterocycles. The first-order valence-electron chi connectivity index (χ1n) is 12.3. The van der Waals surface area contributed by atoms with E-state index < -0.39 is 17.4 Å². The van der Waals surface area contributed by atoms with Crippen molar-refractivity contribution in [3.63, 3.8) is 0 Å². The van der Waals surface area contributed by atoms with E-state index in [1.165, 1.54) is 18.2 Å². The zero-order chi connectivity index (χ0) is 23.1. The highest BCUT2D eigenvalue weighted by atomic mass is 16.7. The van der Waals surface area contributed by atoms with Crippen molar-refractivity contribution in [2.24, 2.45) is 22.2 Å². The van der Waals surface area contributed by atoms with Gasteiger partial charge in [-0.15, -0.1) is 0 Å². The summed E-state index contributed by atoms with van der Waals surface area (Å²) >= 11 is 0.